The van der Waals surface area contributed by atoms with Gasteiger partial charge in [0.05, 0.1) is 37.8 Å². The predicted molar refractivity (Wildman–Crippen MR) is 120 cm³/mol. The van der Waals surface area contributed by atoms with Crippen LogP contribution in [-0.2, 0) is 0 Å². The molecular weight excluding hydrogens is 389 g/mol. The molecular formula is C26H25FN3O+. The van der Waals surface area contributed by atoms with Crippen molar-refractivity contribution in [2.75, 3.05) is 31.1 Å². The number of carbonyl (C=O) groups is 1. The maximum absolute atomic E-state index is 14.0. The lowest BCUT2D eigenvalue weighted by molar-refractivity contribution is -0.914. The molecule has 1 fully saturated rings. The van der Waals surface area contributed by atoms with E-state index in [1.807, 2.05) is 43.3 Å². The van der Waals surface area contributed by atoms with Crippen LogP contribution in [-0.4, -0.2) is 38.0 Å². The van der Waals surface area contributed by atoms with Gasteiger partial charge >= 0.3 is 0 Å². The zero-order valence-corrected chi connectivity index (χ0v) is 17.5. The Morgan fingerprint density at radius 2 is 1.65 bits per heavy atom. The molecule has 0 saturated carbocycles. The van der Waals surface area contributed by atoms with E-state index in [4.69, 9.17) is 5.26 Å². The zero-order valence-electron chi connectivity index (χ0n) is 17.5. The molecule has 0 aliphatic carbocycles. The predicted octanol–water partition coefficient (Wildman–Crippen LogP) is 3.34. The third-order valence-corrected chi connectivity index (χ3v) is 6.13. The molecule has 0 aromatic heterocycles. The Labute approximate surface area is 182 Å². The maximum Gasteiger partial charge on any atom is 0.219 e. The van der Waals surface area contributed by atoms with Crippen LogP contribution in [0.3, 0.4) is 0 Å². The molecule has 4 nitrogen and oxygen atoms in total. The molecule has 3 aromatic carbocycles. The number of quaternary nitrogens is 1. The van der Waals surface area contributed by atoms with Crippen molar-refractivity contribution in [3.05, 3.63) is 89.7 Å². The minimum Gasteiger partial charge on any atom is -0.360 e. The third-order valence-electron chi connectivity index (χ3n) is 6.13. The van der Waals surface area contributed by atoms with E-state index in [0.29, 0.717) is 16.7 Å². The summed E-state index contributed by atoms with van der Waals surface area (Å²) in [6.45, 7) is 5.47. The van der Waals surface area contributed by atoms with Gasteiger partial charge in [-0.25, -0.2) is 4.39 Å². The Morgan fingerprint density at radius 1 is 1.00 bits per heavy atom. The number of nitriles is 1. The number of halogens is 1. The number of Topliss-reactive ketones (excluding diaryl/α,β-unsaturated/α-hetero) is 1. The first-order valence-corrected chi connectivity index (χ1v) is 10.6. The first kappa shape index (κ1) is 20.8. The molecule has 1 heterocycles. The summed E-state index contributed by atoms with van der Waals surface area (Å²) >= 11 is 0. The van der Waals surface area contributed by atoms with Gasteiger partial charge in [-0.1, -0.05) is 42.5 Å². The van der Waals surface area contributed by atoms with Gasteiger partial charge in [0.2, 0.25) is 5.78 Å². The minimum atomic E-state index is -0.264. The summed E-state index contributed by atoms with van der Waals surface area (Å²) in [5, 5.41) is 8.95. The molecule has 1 N–H and O–H groups in total. The summed E-state index contributed by atoms with van der Waals surface area (Å²) < 4.78 is 14.0. The summed E-state index contributed by atoms with van der Waals surface area (Å²) in [6, 6.07) is 23.5. The van der Waals surface area contributed by atoms with Crippen LogP contribution in [0.2, 0.25) is 0 Å². The van der Waals surface area contributed by atoms with Crippen molar-refractivity contribution < 1.29 is 14.1 Å². The fourth-order valence-electron chi connectivity index (χ4n) is 4.18. The molecule has 1 saturated heterocycles. The number of anilines is 1. The quantitative estimate of drug-likeness (QED) is 0.652. The Balaban J connectivity index is 1.38. The zero-order chi connectivity index (χ0) is 21.8. The summed E-state index contributed by atoms with van der Waals surface area (Å²) in [7, 11) is 0. The van der Waals surface area contributed by atoms with Gasteiger partial charge in [-0.3, -0.25) is 4.79 Å². The van der Waals surface area contributed by atoms with Gasteiger partial charge in [0.1, 0.15) is 11.9 Å². The van der Waals surface area contributed by atoms with Crippen LogP contribution in [0, 0.1) is 17.1 Å². The largest absolute Gasteiger partial charge is 0.360 e. The molecule has 0 amide bonds. The molecule has 0 bridgehead atoms. The smallest absolute Gasteiger partial charge is 0.219 e. The topological polar surface area (TPSA) is 48.5 Å². The molecule has 0 radical (unpaired) electrons. The lowest BCUT2D eigenvalue weighted by Crippen LogP contribution is -3.18. The van der Waals surface area contributed by atoms with Gasteiger partial charge in [0, 0.05) is 16.8 Å². The van der Waals surface area contributed by atoms with Gasteiger partial charge in [0.25, 0.3) is 0 Å². The summed E-state index contributed by atoms with van der Waals surface area (Å²) in [6.07, 6.45) is 0. The normalized spacial score (nSPS) is 15.3. The van der Waals surface area contributed by atoms with Crippen molar-refractivity contribution in [3.8, 4) is 17.2 Å². The third kappa shape index (κ3) is 4.50. The standard InChI is InChI=1S/C26H24FN3O/c1-19(29-14-16-30(17-15-29)23-12-6-20(18-28)7-13-23)26(31)22-10-8-21(9-11-22)24-4-2-3-5-25(24)27/h2-13,19H,14-17H2,1H3/p+1/t19-/m1/s1. The number of carbonyl (C=O) groups excluding carboxylic acids is 1. The highest BCUT2D eigenvalue weighted by Gasteiger charge is 2.29. The van der Waals surface area contributed by atoms with Crippen molar-refractivity contribution in [1.29, 1.82) is 5.26 Å². The lowest BCUT2D eigenvalue weighted by atomic mass is 9.99. The van der Waals surface area contributed by atoms with Crippen molar-refractivity contribution in [3.63, 3.8) is 0 Å². The van der Waals surface area contributed by atoms with E-state index in [2.05, 4.69) is 11.0 Å². The second-order valence-electron chi connectivity index (χ2n) is 7.95. The van der Waals surface area contributed by atoms with E-state index in [0.717, 1.165) is 37.4 Å². The van der Waals surface area contributed by atoms with Crippen molar-refractivity contribution in [2.24, 2.45) is 0 Å². The van der Waals surface area contributed by atoms with Gasteiger partial charge in [-0.15, -0.1) is 0 Å². The van der Waals surface area contributed by atoms with Gasteiger partial charge in [-0.05, 0) is 42.8 Å². The van der Waals surface area contributed by atoms with Crippen LogP contribution < -0.4 is 9.80 Å². The van der Waals surface area contributed by atoms with Crippen LogP contribution in [0.1, 0.15) is 22.8 Å². The Hall–Kier alpha value is -3.49. The fourth-order valence-corrected chi connectivity index (χ4v) is 4.18. The maximum atomic E-state index is 14.0. The number of piperazine rings is 1. The number of hydrogen-bond donors (Lipinski definition) is 1. The van der Waals surface area contributed by atoms with Gasteiger partial charge < -0.3 is 9.80 Å². The van der Waals surface area contributed by atoms with Gasteiger partial charge in [-0.2, -0.15) is 5.26 Å². The minimum absolute atomic E-state index is 0.113. The molecule has 5 heteroatoms. The highest BCUT2D eigenvalue weighted by atomic mass is 19.1. The van der Waals surface area contributed by atoms with E-state index in [9.17, 15) is 9.18 Å². The molecule has 0 spiro atoms. The SMILES string of the molecule is C[C@H](C(=O)c1ccc(-c2ccccc2F)cc1)[NH+]1CCN(c2ccc(C#N)cc2)CC1. The number of ketones is 1. The second kappa shape index (κ2) is 9.11. The van der Waals surface area contributed by atoms with E-state index in [1.54, 1.807) is 30.3 Å². The summed E-state index contributed by atoms with van der Waals surface area (Å²) in [5.74, 6) is -0.151. The van der Waals surface area contributed by atoms with Crippen LogP contribution in [0.5, 0.6) is 0 Å². The Bertz CT molecular complexity index is 1090. The van der Waals surface area contributed by atoms with Crippen LogP contribution in [0.25, 0.3) is 11.1 Å². The summed E-state index contributed by atoms with van der Waals surface area (Å²) in [4.78, 5) is 16.6. The van der Waals surface area contributed by atoms with Crippen molar-refractivity contribution in [1.82, 2.24) is 0 Å². The molecule has 3 aromatic rings. The van der Waals surface area contributed by atoms with E-state index >= 15 is 0 Å². The summed E-state index contributed by atoms with van der Waals surface area (Å²) in [5.41, 5.74) is 3.74. The van der Waals surface area contributed by atoms with E-state index in [1.165, 1.54) is 11.0 Å². The average Bonchev–Trinajstić information content (AvgIpc) is 2.84. The number of hydrogen-bond acceptors (Lipinski definition) is 3. The second-order valence-corrected chi connectivity index (χ2v) is 7.95. The average molecular weight is 415 g/mol. The molecule has 1 aliphatic rings. The number of rotatable bonds is 5. The van der Waals surface area contributed by atoms with Crippen molar-refractivity contribution in [2.45, 2.75) is 13.0 Å². The Morgan fingerprint density at radius 3 is 2.26 bits per heavy atom. The van der Waals surface area contributed by atoms with E-state index < -0.39 is 0 Å². The molecule has 1 aliphatic heterocycles. The number of nitrogens with zero attached hydrogens (tertiary/aromatic N) is 2. The monoisotopic (exact) mass is 414 g/mol. The number of nitrogens with one attached hydrogen (secondary N) is 1. The van der Waals surface area contributed by atoms with Crippen LogP contribution in [0.4, 0.5) is 10.1 Å². The lowest BCUT2D eigenvalue weighted by Gasteiger charge is -2.36. The van der Waals surface area contributed by atoms with Gasteiger partial charge in [0.15, 0.2) is 0 Å². The van der Waals surface area contributed by atoms with Crippen LogP contribution >= 0.6 is 0 Å². The fraction of sp³-hybridized carbons (Fsp3) is 0.231. The molecule has 0 unspecified atom stereocenters. The first-order chi connectivity index (χ1) is 15.1. The van der Waals surface area contributed by atoms with Crippen molar-refractivity contribution >= 4 is 11.5 Å². The molecule has 156 valence electrons. The highest BCUT2D eigenvalue weighted by molar-refractivity contribution is 5.99. The molecule has 1 atom stereocenters. The van der Waals surface area contributed by atoms with E-state index in [-0.39, 0.29) is 17.6 Å². The van der Waals surface area contributed by atoms with Crippen LogP contribution in [0.15, 0.2) is 72.8 Å². The number of benzene rings is 3. The molecule has 31 heavy (non-hydrogen) atoms. The highest BCUT2D eigenvalue weighted by Crippen LogP contribution is 2.23. The first-order valence-electron chi connectivity index (χ1n) is 10.6. The Kier molecular flexibility index (Phi) is 6.11. The molecule has 4 rings (SSSR count).